The van der Waals surface area contributed by atoms with Crippen molar-refractivity contribution in [3.63, 3.8) is 0 Å². The highest BCUT2D eigenvalue weighted by molar-refractivity contribution is 5.11. The maximum atomic E-state index is 4.35. The highest BCUT2D eigenvalue weighted by Gasteiger charge is 2.38. The van der Waals surface area contributed by atoms with Crippen LogP contribution in [0.15, 0.2) is 24.5 Å². The van der Waals surface area contributed by atoms with Crippen molar-refractivity contribution in [1.29, 1.82) is 0 Å². The van der Waals surface area contributed by atoms with Crippen LogP contribution in [0, 0.1) is 17.8 Å². The molecular formula is C14H21N3. The van der Waals surface area contributed by atoms with Crippen LogP contribution in [0.4, 0.5) is 0 Å². The number of allylic oxidation sites excluding steroid dienone is 2. The highest BCUT2D eigenvalue weighted by Crippen LogP contribution is 2.44. The van der Waals surface area contributed by atoms with Gasteiger partial charge in [0, 0.05) is 25.5 Å². The molecule has 0 amide bonds. The van der Waals surface area contributed by atoms with E-state index in [1.807, 2.05) is 12.4 Å². The maximum Gasteiger partial charge on any atom is 0.122 e. The maximum absolute atomic E-state index is 4.35. The minimum absolute atomic E-state index is 0.589. The predicted molar refractivity (Wildman–Crippen MR) is 68.4 cm³/mol. The summed E-state index contributed by atoms with van der Waals surface area (Å²) in [5.74, 6) is 3.63. The Morgan fingerprint density at radius 1 is 1.47 bits per heavy atom. The van der Waals surface area contributed by atoms with E-state index in [2.05, 4.69) is 41.0 Å². The first-order valence-electron chi connectivity index (χ1n) is 6.62. The van der Waals surface area contributed by atoms with Gasteiger partial charge in [-0.2, -0.15) is 0 Å². The first-order chi connectivity index (χ1) is 8.24. The first kappa shape index (κ1) is 11.0. The molecule has 3 rings (SSSR count). The number of nitrogens with one attached hydrogen (secondary N) is 1. The molecule has 2 aliphatic carbocycles. The van der Waals surface area contributed by atoms with E-state index in [1.54, 1.807) is 0 Å². The summed E-state index contributed by atoms with van der Waals surface area (Å²) >= 11 is 0. The number of hydrogen-bond donors (Lipinski definition) is 1. The number of aromatic nitrogens is 2. The van der Waals surface area contributed by atoms with Gasteiger partial charge in [-0.1, -0.05) is 12.2 Å². The lowest BCUT2D eigenvalue weighted by Gasteiger charge is -2.26. The van der Waals surface area contributed by atoms with Gasteiger partial charge in [-0.15, -0.1) is 0 Å². The molecule has 4 unspecified atom stereocenters. The summed E-state index contributed by atoms with van der Waals surface area (Å²) < 4.78 is 2.08. The Labute approximate surface area is 103 Å². The van der Waals surface area contributed by atoms with Crippen LogP contribution in [0.2, 0.25) is 0 Å². The topological polar surface area (TPSA) is 29.9 Å². The lowest BCUT2D eigenvalue weighted by atomic mass is 9.87. The van der Waals surface area contributed by atoms with E-state index in [9.17, 15) is 0 Å². The first-order valence-corrected chi connectivity index (χ1v) is 6.62. The van der Waals surface area contributed by atoms with Gasteiger partial charge < -0.3 is 9.88 Å². The normalized spacial score (nSPS) is 32.2. The third kappa shape index (κ3) is 2.04. The average Bonchev–Trinajstić information content (AvgIpc) is 3.01. The van der Waals surface area contributed by atoms with E-state index >= 15 is 0 Å². The third-order valence-electron chi connectivity index (χ3n) is 4.48. The average molecular weight is 231 g/mol. The zero-order valence-corrected chi connectivity index (χ0v) is 10.6. The second-order valence-electron chi connectivity index (χ2n) is 5.57. The van der Waals surface area contributed by atoms with E-state index in [0.717, 1.165) is 30.1 Å². The molecule has 1 saturated carbocycles. The SMILES string of the molecule is CC(NCc1nccn1C)C1CC2C=CC1C2. The van der Waals surface area contributed by atoms with Crippen molar-refractivity contribution < 1.29 is 0 Å². The Morgan fingerprint density at radius 3 is 2.94 bits per heavy atom. The van der Waals surface area contributed by atoms with Crippen LogP contribution < -0.4 is 5.32 Å². The number of nitrogens with zero attached hydrogens (tertiary/aromatic N) is 2. The van der Waals surface area contributed by atoms with Crippen molar-refractivity contribution in [1.82, 2.24) is 14.9 Å². The minimum atomic E-state index is 0.589. The van der Waals surface area contributed by atoms with E-state index in [4.69, 9.17) is 0 Å². The van der Waals surface area contributed by atoms with Crippen molar-refractivity contribution in [3.8, 4) is 0 Å². The van der Waals surface area contributed by atoms with Crippen LogP contribution in [-0.2, 0) is 13.6 Å². The molecule has 1 aromatic heterocycles. The highest BCUT2D eigenvalue weighted by atomic mass is 15.1. The molecule has 0 aliphatic heterocycles. The lowest BCUT2D eigenvalue weighted by Crippen LogP contribution is -2.35. The van der Waals surface area contributed by atoms with Gasteiger partial charge in [0.1, 0.15) is 5.82 Å². The second kappa shape index (κ2) is 4.30. The number of imidazole rings is 1. The van der Waals surface area contributed by atoms with Crippen molar-refractivity contribution in [2.45, 2.75) is 32.4 Å². The van der Waals surface area contributed by atoms with Gasteiger partial charge in [0.25, 0.3) is 0 Å². The molecule has 3 nitrogen and oxygen atoms in total. The Morgan fingerprint density at radius 2 is 2.35 bits per heavy atom. The fraction of sp³-hybridized carbons (Fsp3) is 0.643. The van der Waals surface area contributed by atoms with Gasteiger partial charge in [0.2, 0.25) is 0 Å². The largest absolute Gasteiger partial charge is 0.337 e. The number of fused-ring (bicyclic) bond motifs is 2. The fourth-order valence-electron chi connectivity index (χ4n) is 3.37. The van der Waals surface area contributed by atoms with Gasteiger partial charge in [-0.25, -0.2) is 4.98 Å². The molecule has 4 atom stereocenters. The van der Waals surface area contributed by atoms with Crippen LogP contribution in [0.5, 0.6) is 0 Å². The molecule has 1 aromatic rings. The summed E-state index contributed by atoms with van der Waals surface area (Å²) in [6, 6.07) is 0.589. The van der Waals surface area contributed by atoms with Crippen molar-refractivity contribution in [2.24, 2.45) is 24.8 Å². The van der Waals surface area contributed by atoms with Crippen LogP contribution >= 0.6 is 0 Å². The molecule has 1 N–H and O–H groups in total. The molecule has 2 aliphatic rings. The van der Waals surface area contributed by atoms with Crippen molar-refractivity contribution in [2.75, 3.05) is 0 Å². The van der Waals surface area contributed by atoms with E-state index < -0.39 is 0 Å². The molecule has 92 valence electrons. The van der Waals surface area contributed by atoms with Crippen LogP contribution in [0.1, 0.15) is 25.6 Å². The van der Waals surface area contributed by atoms with E-state index in [0.29, 0.717) is 6.04 Å². The molecule has 17 heavy (non-hydrogen) atoms. The standard InChI is InChI=1S/C14H21N3/c1-10(13-8-11-3-4-12(13)7-11)16-9-14-15-5-6-17(14)2/h3-6,10-13,16H,7-9H2,1-2H3. The van der Waals surface area contributed by atoms with E-state index in [1.165, 1.54) is 12.8 Å². The molecule has 0 radical (unpaired) electrons. The second-order valence-corrected chi connectivity index (χ2v) is 5.57. The number of aryl methyl sites for hydroxylation is 1. The zero-order chi connectivity index (χ0) is 11.8. The third-order valence-corrected chi connectivity index (χ3v) is 4.48. The summed E-state index contributed by atoms with van der Waals surface area (Å²) in [5, 5.41) is 3.64. The monoisotopic (exact) mass is 231 g/mol. The molecule has 0 aromatic carbocycles. The predicted octanol–water partition coefficient (Wildman–Crippen LogP) is 2.11. The van der Waals surface area contributed by atoms with Crippen molar-refractivity contribution >= 4 is 0 Å². The minimum Gasteiger partial charge on any atom is -0.337 e. The van der Waals surface area contributed by atoms with Gasteiger partial charge in [0.05, 0.1) is 6.54 Å². The molecular weight excluding hydrogens is 210 g/mol. The van der Waals surface area contributed by atoms with Gasteiger partial charge >= 0.3 is 0 Å². The van der Waals surface area contributed by atoms with Crippen LogP contribution in [-0.4, -0.2) is 15.6 Å². The van der Waals surface area contributed by atoms with Gasteiger partial charge in [-0.05, 0) is 37.5 Å². The Balaban J connectivity index is 1.56. The summed E-state index contributed by atoms with van der Waals surface area (Å²) in [5.41, 5.74) is 0. The van der Waals surface area contributed by atoms with Crippen molar-refractivity contribution in [3.05, 3.63) is 30.4 Å². The summed E-state index contributed by atoms with van der Waals surface area (Å²) in [7, 11) is 2.05. The Hall–Kier alpha value is -1.09. The Kier molecular flexibility index (Phi) is 2.79. The smallest absolute Gasteiger partial charge is 0.122 e. The van der Waals surface area contributed by atoms with Gasteiger partial charge in [0.15, 0.2) is 0 Å². The molecule has 1 heterocycles. The molecule has 0 saturated heterocycles. The summed E-state index contributed by atoms with van der Waals surface area (Å²) in [6.07, 6.45) is 11.5. The number of rotatable bonds is 4. The molecule has 0 spiro atoms. The van der Waals surface area contributed by atoms with Crippen LogP contribution in [0.25, 0.3) is 0 Å². The zero-order valence-electron chi connectivity index (χ0n) is 10.6. The quantitative estimate of drug-likeness (QED) is 0.804. The molecule has 1 fully saturated rings. The van der Waals surface area contributed by atoms with E-state index in [-0.39, 0.29) is 0 Å². The van der Waals surface area contributed by atoms with Crippen LogP contribution in [0.3, 0.4) is 0 Å². The molecule has 3 heteroatoms. The van der Waals surface area contributed by atoms with Gasteiger partial charge in [-0.3, -0.25) is 0 Å². The fourth-order valence-corrected chi connectivity index (χ4v) is 3.37. The lowest BCUT2D eigenvalue weighted by molar-refractivity contribution is 0.323. The molecule has 2 bridgehead atoms. The summed E-state index contributed by atoms with van der Waals surface area (Å²) in [6.45, 7) is 3.20. The number of hydrogen-bond acceptors (Lipinski definition) is 2. The Bertz CT molecular complexity index is 421. The summed E-state index contributed by atoms with van der Waals surface area (Å²) in [4.78, 5) is 4.35.